The number of alkyl halides is 3. The lowest BCUT2D eigenvalue weighted by atomic mass is 10.2. The van der Waals surface area contributed by atoms with E-state index < -0.39 is 11.9 Å². The molecule has 6 nitrogen and oxygen atoms in total. The summed E-state index contributed by atoms with van der Waals surface area (Å²) in [7, 11) is 2.91. The first-order chi connectivity index (χ1) is 12.3. The van der Waals surface area contributed by atoms with Gasteiger partial charge in [-0.15, -0.1) is 13.2 Å². The molecule has 0 N–H and O–H groups in total. The topological polar surface area (TPSA) is 62.6 Å². The average Bonchev–Trinajstić information content (AvgIpc) is 2.60. The van der Waals surface area contributed by atoms with Crippen LogP contribution in [0.25, 0.3) is 16.6 Å². The first-order valence-electron chi connectivity index (χ1n) is 7.32. The maximum atomic E-state index is 12.7. The van der Waals surface area contributed by atoms with Crippen molar-refractivity contribution in [3.8, 4) is 22.9 Å². The zero-order valence-corrected chi connectivity index (χ0v) is 13.7. The lowest BCUT2D eigenvalue weighted by molar-refractivity contribution is -0.274. The Kier molecular flexibility index (Phi) is 4.45. The minimum Gasteiger partial charge on any atom is -0.493 e. The molecule has 0 bridgehead atoms. The molecule has 0 aliphatic heterocycles. The Balaban J connectivity index is 2.06. The number of hydrogen-bond acceptors (Lipinski definition) is 5. The van der Waals surface area contributed by atoms with Crippen molar-refractivity contribution < 1.29 is 27.4 Å². The van der Waals surface area contributed by atoms with E-state index in [9.17, 15) is 18.0 Å². The van der Waals surface area contributed by atoms with E-state index in [-0.39, 0.29) is 11.1 Å². The van der Waals surface area contributed by atoms with Crippen LogP contribution in [-0.4, -0.2) is 30.1 Å². The molecule has 0 fully saturated rings. The van der Waals surface area contributed by atoms with Crippen LogP contribution in [0.4, 0.5) is 13.2 Å². The Morgan fingerprint density at radius 1 is 1.00 bits per heavy atom. The number of nitrogens with zero attached hydrogens (tertiary/aromatic N) is 2. The fourth-order valence-corrected chi connectivity index (χ4v) is 2.44. The van der Waals surface area contributed by atoms with Gasteiger partial charge in [0.2, 0.25) is 0 Å². The molecular formula is C17H13F3N2O4. The highest BCUT2D eigenvalue weighted by atomic mass is 19.4. The van der Waals surface area contributed by atoms with Gasteiger partial charge in [0.25, 0.3) is 5.56 Å². The number of aromatic nitrogens is 2. The molecule has 1 heterocycles. The van der Waals surface area contributed by atoms with Crippen molar-refractivity contribution in [2.24, 2.45) is 0 Å². The molecule has 26 heavy (non-hydrogen) atoms. The van der Waals surface area contributed by atoms with E-state index in [1.165, 1.54) is 43.3 Å². The van der Waals surface area contributed by atoms with Crippen LogP contribution >= 0.6 is 0 Å². The van der Waals surface area contributed by atoms with Crippen molar-refractivity contribution in [3.05, 3.63) is 53.1 Å². The summed E-state index contributed by atoms with van der Waals surface area (Å²) in [5, 5.41) is 0.278. The number of benzene rings is 2. The number of halogens is 3. The first kappa shape index (κ1) is 17.6. The molecule has 2 aromatic carbocycles. The van der Waals surface area contributed by atoms with Crippen molar-refractivity contribution in [1.29, 1.82) is 0 Å². The highest BCUT2D eigenvalue weighted by Crippen LogP contribution is 2.30. The van der Waals surface area contributed by atoms with E-state index in [1.807, 2.05) is 0 Å². The van der Waals surface area contributed by atoms with Gasteiger partial charge in [0.1, 0.15) is 12.1 Å². The number of ether oxygens (including phenoxy) is 3. The second-order valence-electron chi connectivity index (χ2n) is 5.19. The van der Waals surface area contributed by atoms with E-state index in [0.29, 0.717) is 22.7 Å². The summed E-state index contributed by atoms with van der Waals surface area (Å²) in [5.74, 6) is 0.415. The molecule has 0 unspecified atom stereocenters. The third-order valence-electron chi connectivity index (χ3n) is 3.61. The fourth-order valence-electron chi connectivity index (χ4n) is 2.44. The van der Waals surface area contributed by atoms with Crippen LogP contribution in [0.1, 0.15) is 0 Å². The molecule has 0 spiro atoms. The Morgan fingerprint density at radius 2 is 1.62 bits per heavy atom. The van der Waals surface area contributed by atoms with Gasteiger partial charge in [-0.25, -0.2) is 4.98 Å². The Labute approximate surface area is 145 Å². The second kappa shape index (κ2) is 6.58. The highest BCUT2D eigenvalue weighted by Gasteiger charge is 2.31. The predicted molar refractivity (Wildman–Crippen MR) is 87.1 cm³/mol. The van der Waals surface area contributed by atoms with Gasteiger partial charge < -0.3 is 14.2 Å². The zero-order chi connectivity index (χ0) is 18.9. The monoisotopic (exact) mass is 366 g/mol. The number of fused-ring (bicyclic) bond motifs is 1. The van der Waals surface area contributed by atoms with Gasteiger partial charge in [0, 0.05) is 6.07 Å². The summed E-state index contributed by atoms with van der Waals surface area (Å²) in [6, 6.07) is 7.97. The van der Waals surface area contributed by atoms with Crippen molar-refractivity contribution in [3.63, 3.8) is 0 Å². The molecule has 0 saturated carbocycles. The van der Waals surface area contributed by atoms with Gasteiger partial charge in [-0.3, -0.25) is 9.36 Å². The van der Waals surface area contributed by atoms with Gasteiger partial charge >= 0.3 is 6.36 Å². The van der Waals surface area contributed by atoms with Crippen molar-refractivity contribution in [2.75, 3.05) is 14.2 Å². The lowest BCUT2D eigenvalue weighted by Gasteiger charge is -2.12. The first-order valence-corrected chi connectivity index (χ1v) is 7.32. The minimum atomic E-state index is -4.78. The Morgan fingerprint density at radius 3 is 2.19 bits per heavy atom. The SMILES string of the molecule is COc1cc2ncn(-c3ccc(OC(F)(F)F)cc3)c(=O)c2cc1OC. The van der Waals surface area contributed by atoms with Crippen LogP contribution in [0.2, 0.25) is 0 Å². The lowest BCUT2D eigenvalue weighted by Crippen LogP contribution is -2.19. The van der Waals surface area contributed by atoms with Crippen molar-refractivity contribution >= 4 is 10.9 Å². The maximum absolute atomic E-state index is 12.7. The normalized spacial score (nSPS) is 11.4. The molecule has 1 aromatic heterocycles. The van der Waals surface area contributed by atoms with E-state index in [2.05, 4.69) is 9.72 Å². The van der Waals surface area contributed by atoms with Crippen LogP contribution in [-0.2, 0) is 0 Å². The van der Waals surface area contributed by atoms with E-state index >= 15 is 0 Å². The van der Waals surface area contributed by atoms with Crippen LogP contribution < -0.4 is 19.8 Å². The van der Waals surface area contributed by atoms with Gasteiger partial charge in [0.15, 0.2) is 11.5 Å². The van der Waals surface area contributed by atoms with Gasteiger partial charge in [-0.2, -0.15) is 0 Å². The fraction of sp³-hybridized carbons (Fsp3) is 0.176. The van der Waals surface area contributed by atoms with Crippen LogP contribution in [0.5, 0.6) is 17.2 Å². The maximum Gasteiger partial charge on any atom is 0.573 e. The van der Waals surface area contributed by atoms with Gasteiger partial charge in [-0.05, 0) is 30.3 Å². The molecule has 0 aliphatic carbocycles. The largest absolute Gasteiger partial charge is 0.573 e. The summed E-state index contributed by atoms with van der Waals surface area (Å²) in [6.07, 6.45) is -3.49. The molecule has 0 saturated heterocycles. The van der Waals surface area contributed by atoms with Crippen molar-refractivity contribution in [1.82, 2.24) is 9.55 Å². The summed E-state index contributed by atoms with van der Waals surface area (Å²) < 4.78 is 52.1. The van der Waals surface area contributed by atoms with Gasteiger partial charge in [-0.1, -0.05) is 0 Å². The van der Waals surface area contributed by atoms with E-state index in [4.69, 9.17) is 9.47 Å². The number of hydrogen-bond donors (Lipinski definition) is 0. The molecule has 0 amide bonds. The Hall–Kier alpha value is -3.23. The summed E-state index contributed by atoms with van der Waals surface area (Å²) in [6.45, 7) is 0. The minimum absolute atomic E-state index is 0.278. The summed E-state index contributed by atoms with van der Waals surface area (Å²) in [5.41, 5.74) is 0.343. The summed E-state index contributed by atoms with van der Waals surface area (Å²) >= 11 is 0. The molecule has 9 heteroatoms. The zero-order valence-electron chi connectivity index (χ0n) is 13.7. The predicted octanol–water partition coefficient (Wildman–Crippen LogP) is 3.30. The third-order valence-corrected chi connectivity index (χ3v) is 3.61. The average molecular weight is 366 g/mol. The Bertz CT molecular complexity index is 998. The molecule has 136 valence electrons. The quantitative estimate of drug-likeness (QED) is 0.709. The molecule has 3 rings (SSSR count). The highest BCUT2D eigenvalue weighted by molar-refractivity contribution is 5.82. The molecule has 0 radical (unpaired) electrons. The number of methoxy groups -OCH3 is 2. The smallest absolute Gasteiger partial charge is 0.493 e. The summed E-state index contributed by atoms with van der Waals surface area (Å²) in [4.78, 5) is 16.9. The molecular weight excluding hydrogens is 353 g/mol. The second-order valence-corrected chi connectivity index (χ2v) is 5.19. The third kappa shape index (κ3) is 3.41. The molecule has 3 aromatic rings. The number of rotatable bonds is 4. The van der Waals surface area contributed by atoms with E-state index in [0.717, 1.165) is 12.1 Å². The van der Waals surface area contributed by atoms with Gasteiger partial charge in [0.05, 0.1) is 30.8 Å². The van der Waals surface area contributed by atoms with E-state index in [1.54, 1.807) is 6.07 Å². The van der Waals surface area contributed by atoms with Crippen molar-refractivity contribution in [2.45, 2.75) is 6.36 Å². The van der Waals surface area contributed by atoms with Crippen LogP contribution in [0.3, 0.4) is 0 Å². The van der Waals surface area contributed by atoms with Crippen LogP contribution in [0.15, 0.2) is 47.5 Å². The molecule has 0 atom stereocenters. The van der Waals surface area contributed by atoms with Crippen LogP contribution in [0, 0.1) is 0 Å². The standard InChI is InChI=1S/C17H13F3N2O4/c1-24-14-7-12-13(8-15(14)25-2)21-9-22(16(12)23)10-3-5-11(6-4-10)26-17(18,19)20/h3-9H,1-2H3. The molecule has 0 aliphatic rings.